The number of nitrogens with one attached hydrogen (secondary N) is 1. The summed E-state index contributed by atoms with van der Waals surface area (Å²) in [5.74, 6) is 2.58. The van der Waals surface area contributed by atoms with Gasteiger partial charge in [-0.25, -0.2) is 0 Å². The Morgan fingerprint density at radius 2 is 1.94 bits per heavy atom. The Kier molecular flexibility index (Phi) is 4.26. The van der Waals surface area contributed by atoms with Gasteiger partial charge in [0.15, 0.2) is 0 Å². The molecule has 3 nitrogen and oxygen atoms in total. The van der Waals surface area contributed by atoms with Gasteiger partial charge >= 0.3 is 0 Å². The lowest BCUT2D eigenvalue weighted by Crippen LogP contribution is -2.28. The second-order valence-corrected chi connectivity index (χ2v) is 4.58. The monoisotopic (exact) mass is 235 g/mol. The highest BCUT2D eigenvalue weighted by Crippen LogP contribution is 2.28. The molecule has 1 saturated heterocycles. The van der Waals surface area contributed by atoms with Gasteiger partial charge in [0.25, 0.3) is 0 Å². The minimum atomic E-state index is 0.776. The number of rotatable bonds is 4. The molecule has 1 heterocycles. The highest BCUT2D eigenvalue weighted by atomic mass is 16.5. The number of hydrogen-bond acceptors (Lipinski definition) is 3. The molecule has 0 amide bonds. The lowest BCUT2D eigenvalue weighted by Gasteiger charge is -2.23. The molecule has 0 radical (unpaired) electrons. The fourth-order valence-corrected chi connectivity index (χ4v) is 2.42. The van der Waals surface area contributed by atoms with Crippen LogP contribution < -0.4 is 14.8 Å². The summed E-state index contributed by atoms with van der Waals surface area (Å²) in [5, 5.41) is 3.40. The van der Waals surface area contributed by atoms with Crippen molar-refractivity contribution in [2.45, 2.75) is 19.3 Å². The molecule has 1 aromatic carbocycles. The Labute approximate surface area is 103 Å². The maximum absolute atomic E-state index is 5.43. The summed E-state index contributed by atoms with van der Waals surface area (Å²) < 4.78 is 10.6. The van der Waals surface area contributed by atoms with Crippen molar-refractivity contribution in [2.75, 3.05) is 27.3 Å². The summed E-state index contributed by atoms with van der Waals surface area (Å²) in [7, 11) is 3.40. The van der Waals surface area contributed by atoms with Gasteiger partial charge in [0, 0.05) is 6.07 Å². The van der Waals surface area contributed by atoms with Crippen molar-refractivity contribution in [3.05, 3.63) is 23.8 Å². The molecule has 0 unspecified atom stereocenters. The van der Waals surface area contributed by atoms with Gasteiger partial charge in [0.05, 0.1) is 14.2 Å². The van der Waals surface area contributed by atoms with Crippen molar-refractivity contribution in [3.63, 3.8) is 0 Å². The third kappa shape index (κ3) is 3.13. The number of benzene rings is 1. The van der Waals surface area contributed by atoms with E-state index in [2.05, 4.69) is 11.4 Å². The van der Waals surface area contributed by atoms with Crippen molar-refractivity contribution in [2.24, 2.45) is 5.92 Å². The zero-order chi connectivity index (χ0) is 12.1. The zero-order valence-corrected chi connectivity index (χ0v) is 10.7. The second kappa shape index (κ2) is 5.92. The van der Waals surface area contributed by atoms with Gasteiger partial charge in [-0.3, -0.25) is 0 Å². The number of ether oxygens (including phenoxy) is 2. The smallest absolute Gasteiger partial charge is 0.125 e. The summed E-state index contributed by atoms with van der Waals surface area (Å²) in [4.78, 5) is 0. The van der Waals surface area contributed by atoms with E-state index in [9.17, 15) is 0 Å². The Morgan fingerprint density at radius 1 is 1.18 bits per heavy atom. The van der Waals surface area contributed by atoms with Crippen LogP contribution in [0.3, 0.4) is 0 Å². The highest BCUT2D eigenvalue weighted by Gasteiger charge is 2.15. The van der Waals surface area contributed by atoms with Crippen LogP contribution in [-0.2, 0) is 6.42 Å². The molecular weight excluding hydrogens is 214 g/mol. The summed E-state index contributed by atoms with van der Waals surface area (Å²) in [6, 6.07) is 6.11. The van der Waals surface area contributed by atoms with Gasteiger partial charge in [0.1, 0.15) is 11.5 Å². The molecule has 0 bridgehead atoms. The molecule has 1 N–H and O–H groups in total. The van der Waals surface area contributed by atoms with E-state index < -0.39 is 0 Å². The molecule has 0 aliphatic carbocycles. The number of piperidine rings is 1. The first-order valence-electron chi connectivity index (χ1n) is 6.25. The van der Waals surface area contributed by atoms with Gasteiger partial charge in [0.2, 0.25) is 0 Å². The SMILES string of the molecule is COc1ccc(CC2CCNCC2)c(OC)c1. The van der Waals surface area contributed by atoms with Crippen LogP contribution in [0, 0.1) is 5.92 Å². The van der Waals surface area contributed by atoms with Crippen LogP contribution in [0.25, 0.3) is 0 Å². The topological polar surface area (TPSA) is 30.5 Å². The molecule has 0 spiro atoms. The first-order valence-corrected chi connectivity index (χ1v) is 6.25. The van der Waals surface area contributed by atoms with E-state index in [1.165, 1.54) is 18.4 Å². The first kappa shape index (κ1) is 12.2. The summed E-state index contributed by atoms with van der Waals surface area (Å²) in [6.45, 7) is 2.28. The Hall–Kier alpha value is -1.22. The first-order chi connectivity index (χ1) is 8.33. The van der Waals surface area contributed by atoms with Crippen LogP contribution in [0.2, 0.25) is 0 Å². The van der Waals surface area contributed by atoms with Crippen LogP contribution in [0.4, 0.5) is 0 Å². The molecule has 0 atom stereocenters. The van der Waals surface area contributed by atoms with E-state index in [0.29, 0.717) is 0 Å². The van der Waals surface area contributed by atoms with Crippen LogP contribution in [-0.4, -0.2) is 27.3 Å². The van der Waals surface area contributed by atoms with Gasteiger partial charge < -0.3 is 14.8 Å². The highest BCUT2D eigenvalue weighted by molar-refractivity contribution is 5.41. The predicted molar refractivity (Wildman–Crippen MR) is 68.8 cm³/mol. The second-order valence-electron chi connectivity index (χ2n) is 4.58. The molecule has 17 heavy (non-hydrogen) atoms. The quantitative estimate of drug-likeness (QED) is 0.868. The third-order valence-corrected chi connectivity index (χ3v) is 3.46. The average Bonchev–Trinajstić information content (AvgIpc) is 2.40. The summed E-state index contributed by atoms with van der Waals surface area (Å²) in [6.07, 6.45) is 3.62. The normalized spacial score (nSPS) is 16.8. The van der Waals surface area contributed by atoms with Crippen LogP contribution in [0.1, 0.15) is 18.4 Å². The molecular formula is C14H21NO2. The Bertz CT molecular complexity index is 359. The molecule has 1 aromatic rings. The maximum Gasteiger partial charge on any atom is 0.125 e. The molecule has 1 fully saturated rings. The van der Waals surface area contributed by atoms with E-state index >= 15 is 0 Å². The predicted octanol–water partition coefficient (Wildman–Crippen LogP) is 2.25. The van der Waals surface area contributed by atoms with Crippen molar-refractivity contribution in [1.82, 2.24) is 5.32 Å². The van der Waals surface area contributed by atoms with Gasteiger partial charge in [-0.15, -0.1) is 0 Å². The van der Waals surface area contributed by atoms with Gasteiger partial charge in [-0.1, -0.05) is 6.07 Å². The van der Waals surface area contributed by atoms with Crippen LogP contribution in [0.15, 0.2) is 18.2 Å². The maximum atomic E-state index is 5.43. The van der Waals surface area contributed by atoms with E-state index in [1.807, 2.05) is 12.1 Å². The van der Waals surface area contributed by atoms with Gasteiger partial charge in [-0.05, 0) is 49.9 Å². The zero-order valence-electron chi connectivity index (χ0n) is 10.7. The van der Waals surface area contributed by atoms with Crippen molar-refractivity contribution in [3.8, 4) is 11.5 Å². The number of methoxy groups -OCH3 is 2. The van der Waals surface area contributed by atoms with Crippen molar-refractivity contribution >= 4 is 0 Å². The van der Waals surface area contributed by atoms with E-state index in [4.69, 9.17) is 9.47 Å². The molecule has 0 saturated carbocycles. The summed E-state index contributed by atoms with van der Waals surface area (Å²) in [5.41, 5.74) is 1.29. The fraction of sp³-hybridized carbons (Fsp3) is 0.571. The minimum absolute atomic E-state index is 0.776. The van der Waals surface area contributed by atoms with E-state index in [0.717, 1.165) is 36.9 Å². The lowest BCUT2D eigenvalue weighted by atomic mass is 9.90. The number of hydrogen-bond donors (Lipinski definition) is 1. The van der Waals surface area contributed by atoms with Crippen molar-refractivity contribution in [1.29, 1.82) is 0 Å². The molecule has 1 aliphatic rings. The van der Waals surface area contributed by atoms with Crippen LogP contribution in [0.5, 0.6) is 11.5 Å². The molecule has 0 aromatic heterocycles. The van der Waals surface area contributed by atoms with Crippen LogP contribution >= 0.6 is 0 Å². The van der Waals surface area contributed by atoms with Gasteiger partial charge in [-0.2, -0.15) is 0 Å². The molecule has 3 heteroatoms. The molecule has 2 rings (SSSR count). The Balaban J connectivity index is 2.08. The van der Waals surface area contributed by atoms with E-state index in [1.54, 1.807) is 14.2 Å². The standard InChI is InChI=1S/C14H21NO2/c1-16-13-4-3-12(14(10-13)17-2)9-11-5-7-15-8-6-11/h3-4,10-11,15H,5-9H2,1-2H3. The van der Waals surface area contributed by atoms with E-state index in [-0.39, 0.29) is 0 Å². The lowest BCUT2D eigenvalue weighted by molar-refractivity contribution is 0.358. The third-order valence-electron chi connectivity index (χ3n) is 3.46. The van der Waals surface area contributed by atoms with Crippen molar-refractivity contribution < 1.29 is 9.47 Å². The largest absolute Gasteiger partial charge is 0.497 e. The average molecular weight is 235 g/mol. The fourth-order valence-electron chi connectivity index (χ4n) is 2.42. The Morgan fingerprint density at radius 3 is 2.59 bits per heavy atom. The summed E-state index contributed by atoms with van der Waals surface area (Å²) >= 11 is 0. The molecule has 94 valence electrons. The molecule has 1 aliphatic heterocycles. The minimum Gasteiger partial charge on any atom is -0.497 e.